The largest absolute Gasteiger partial charge is 0.304 e. The Balaban J connectivity index is 1.47. The number of hydrogen-bond acceptors (Lipinski definition) is 3. The van der Waals surface area contributed by atoms with Crippen LogP contribution in [0.1, 0.15) is 24.3 Å². The van der Waals surface area contributed by atoms with Crippen molar-refractivity contribution < 1.29 is 4.39 Å². The molecule has 1 aromatic carbocycles. The summed E-state index contributed by atoms with van der Waals surface area (Å²) in [5.41, 5.74) is 1.29. The molecule has 0 radical (unpaired) electrons. The maximum absolute atomic E-state index is 13.0. The van der Waals surface area contributed by atoms with Crippen LogP contribution in [0.3, 0.4) is 0 Å². The summed E-state index contributed by atoms with van der Waals surface area (Å²) < 4.78 is 13.0. The molecule has 122 valence electrons. The second-order valence-corrected chi connectivity index (χ2v) is 7.02. The van der Waals surface area contributed by atoms with Crippen LogP contribution in [0.2, 0.25) is 0 Å². The highest BCUT2D eigenvalue weighted by atomic mass is 19.1. The molecule has 0 aliphatic carbocycles. The molecule has 2 fully saturated rings. The zero-order valence-corrected chi connectivity index (χ0v) is 13.8. The normalized spacial score (nSPS) is 28.3. The van der Waals surface area contributed by atoms with Crippen molar-refractivity contribution in [2.75, 3.05) is 53.4 Å². The third kappa shape index (κ3) is 3.86. The third-order valence-electron chi connectivity index (χ3n) is 5.37. The molecular formula is C18H28FN3. The van der Waals surface area contributed by atoms with E-state index < -0.39 is 0 Å². The quantitative estimate of drug-likeness (QED) is 0.845. The first kappa shape index (κ1) is 15.9. The number of hydrogen-bond donors (Lipinski definition) is 0. The Morgan fingerprint density at radius 2 is 1.82 bits per heavy atom. The van der Waals surface area contributed by atoms with E-state index in [9.17, 15) is 4.39 Å². The van der Waals surface area contributed by atoms with E-state index in [-0.39, 0.29) is 5.82 Å². The summed E-state index contributed by atoms with van der Waals surface area (Å²) in [6.07, 6.45) is 2.45. The Hall–Kier alpha value is -0.970. The first-order valence-electron chi connectivity index (χ1n) is 8.48. The maximum atomic E-state index is 13.0. The van der Waals surface area contributed by atoms with Crippen molar-refractivity contribution in [3.63, 3.8) is 0 Å². The summed E-state index contributed by atoms with van der Waals surface area (Å²) in [5.74, 6) is 0.440. The summed E-state index contributed by atoms with van der Waals surface area (Å²) in [5, 5.41) is 0. The summed E-state index contributed by atoms with van der Waals surface area (Å²) in [7, 11) is 4.48. The summed E-state index contributed by atoms with van der Waals surface area (Å²) >= 11 is 0. The molecule has 0 amide bonds. The van der Waals surface area contributed by atoms with Crippen LogP contribution < -0.4 is 0 Å². The Kier molecular flexibility index (Phi) is 5.11. The van der Waals surface area contributed by atoms with Crippen LogP contribution in [0.25, 0.3) is 0 Å². The molecule has 22 heavy (non-hydrogen) atoms. The second kappa shape index (κ2) is 7.07. The minimum Gasteiger partial charge on any atom is -0.304 e. The van der Waals surface area contributed by atoms with E-state index in [1.807, 2.05) is 12.1 Å². The topological polar surface area (TPSA) is 9.72 Å². The fraction of sp³-hybridized carbons (Fsp3) is 0.667. The Labute approximate surface area is 133 Å². The van der Waals surface area contributed by atoms with Gasteiger partial charge >= 0.3 is 0 Å². The molecule has 0 bridgehead atoms. The molecule has 2 aliphatic rings. The van der Waals surface area contributed by atoms with Crippen molar-refractivity contribution in [3.8, 4) is 0 Å². The van der Waals surface area contributed by atoms with E-state index in [4.69, 9.17) is 0 Å². The van der Waals surface area contributed by atoms with Gasteiger partial charge in [0.2, 0.25) is 0 Å². The van der Waals surface area contributed by atoms with Crippen LogP contribution in [-0.2, 0) is 0 Å². The molecule has 0 aromatic heterocycles. The molecule has 3 nitrogen and oxygen atoms in total. The van der Waals surface area contributed by atoms with Gasteiger partial charge in [0, 0.05) is 32.2 Å². The number of halogens is 1. The maximum Gasteiger partial charge on any atom is 0.123 e. The highest BCUT2D eigenvalue weighted by Crippen LogP contribution is 2.27. The lowest BCUT2D eigenvalue weighted by Crippen LogP contribution is -2.50. The average molecular weight is 305 g/mol. The van der Waals surface area contributed by atoms with Crippen molar-refractivity contribution in [2.45, 2.75) is 24.8 Å². The molecule has 1 aromatic rings. The van der Waals surface area contributed by atoms with Crippen molar-refractivity contribution in [3.05, 3.63) is 35.6 Å². The van der Waals surface area contributed by atoms with Gasteiger partial charge < -0.3 is 14.7 Å². The Morgan fingerprint density at radius 1 is 1.05 bits per heavy atom. The first-order chi connectivity index (χ1) is 10.6. The van der Waals surface area contributed by atoms with Gasteiger partial charge in [-0.1, -0.05) is 12.1 Å². The number of likely N-dealkylation sites (tertiary alicyclic amines) is 1. The van der Waals surface area contributed by atoms with E-state index in [2.05, 4.69) is 28.8 Å². The number of nitrogens with zero attached hydrogens (tertiary/aromatic N) is 3. The van der Waals surface area contributed by atoms with Gasteiger partial charge in [-0.2, -0.15) is 0 Å². The van der Waals surface area contributed by atoms with E-state index in [0.29, 0.717) is 12.0 Å². The van der Waals surface area contributed by atoms with Gasteiger partial charge in [0.15, 0.2) is 0 Å². The summed E-state index contributed by atoms with van der Waals surface area (Å²) in [6.45, 7) is 7.03. The molecule has 0 N–H and O–H groups in total. The van der Waals surface area contributed by atoms with Crippen LogP contribution in [0, 0.1) is 5.82 Å². The zero-order valence-electron chi connectivity index (χ0n) is 13.8. The third-order valence-corrected chi connectivity index (χ3v) is 5.37. The number of likely N-dealkylation sites (N-methyl/N-ethyl adjacent to an activating group) is 2. The van der Waals surface area contributed by atoms with Gasteiger partial charge in [0.25, 0.3) is 0 Å². The molecule has 2 heterocycles. The molecule has 0 spiro atoms. The zero-order chi connectivity index (χ0) is 15.5. The number of piperazine rings is 1. The molecule has 2 aliphatic heterocycles. The monoisotopic (exact) mass is 305 g/mol. The number of benzene rings is 1. The minimum atomic E-state index is -0.136. The molecule has 0 saturated carbocycles. The van der Waals surface area contributed by atoms with Gasteiger partial charge in [0.1, 0.15) is 5.82 Å². The summed E-state index contributed by atoms with van der Waals surface area (Å²) in [6, 6.07) is 7.76. The lowest BCUT2D eigenvalue weighted by molar-refractivity contribution is 0.101. The lowest BCUT2D eigenvalue weighted by atomic mass is 9.99. The minimum absolute atomic E-state index is 0.136. The van der Waals surface area contributed by atoms with Gasteiger partial charge in [-0.15, -0.1) is 0 Å². The highest BCUT2D eigenvalue weighted by molar-refractivity contribution is 5.21. The SMILES string of the molecule is CN1CCN(C)C(CCN2CCC(c3ccc(F)cc3)C2)C1. The van der Waals surface area contributed by atoms with Crippen LogP contribution >= 0.6 is 0 Å². The van der Waals surface area contributed by atoms with E-state index in [0.717, 1.165) is 6.54 Å². The molecule has 2 atom stereocenters. The van der Waals surface area contributed by atoms with Gasteiger partial charge in [0.05, 0.1) is 0 Å². The smallest absolute Gasteiger partial charge is 0.123 e. The highest BCUT2D eigenvalue weighted by Gasteiger charge is 2.26. The Morgan fingerprint density at radius 3 is 2.59 bits per heavy atom. The predicted octanol–water partition coefficient (Wildman–Crippen LogP) is 2.25. The van der Waals surface area contributed by atoms with Crippen LogP contribution in [0.5, 0.6) is 0 Å². The summed E-state index contributed by atoms with van der Waals surface area (Å²) in [4.78, 5) is 7.53. The van der Waals surface area contributed by atoms with Gasteiger partial charge in [-0.05, 0) is 63.6 Å². The van der Waals surface area contributed by atoms with E-state index >= 15 is 0 Å². The van der Waals surface area contributed by atoms with Crippen molar-refractivity contribution in [1.29, 1.82) is 0 Å². The van der Waals surface area contributed by atoms with E-state index in [1.165, 1.54) is 51.1 Å². The Bertz CT molecular complexity index is 476. The predicted molar refractivity (Wildman–Crippen MR) is 88.7 cm³/mol. The van der Waals surface area contributed by atoms with Crippen LogP contribution in [0.15, 0.2) is 24.3 Å². The fourth-order valence-electron chi connectivity index (χ4n) is 3.79. The van der Waals surface area contributed by atoms with Crippen LogP contribution in [-0.4, -0.2) is 74.1 Å². The van der Waals surface area contributed by atoms with E-state index in [1.54, 1.807) is 12.1 Å². The van der Waals surface area contributed by atoms with Crippen molar-refractivity contribution in [2.24, 2.45) is 0 Å². The number of rotatable bonds is 4. The first-order valence-corrected chi connectivity index (χ1v) is 8.48. The van der Waals surface area contributed by atoms with Crippen molar-refractivity contribution in [1.82, 2.24) is 14.7 Å². The van der Waals surface area contributed by atoms with Crippen molar-refractivity contribution >= 4 is 0 Å². The van der Waals surface area contributed by atoms with Gasteiger partial charge in [-0.3, -0.25) is 0 Å². The lowest BCUT2D eigenvalue weighted by Gasteiger charge is -2.38. The molecule has 4 heteroatoms. The average Bonchev–Trinajstić information content (AvgIpc) is 2.98. The molecule has 2 saturated heterocycles. The van der Waals surface area contributed by atoms with Gasteiger partial charge in [-0.25, -0.2) is 4.39 Å². The molecule has 3 rings (SSSR count). The second-order valence-electron chi connectivity index (χ2n) is 7.02. The molecule has 2 unspecified atom stereocenters. The van der Waals surface area contributed by atoms with Crippen LogP contribution in [0.4, 0.5) is 4.39 Å². The molecular weight excluding hydrogens is 277 g/mol. The fourth-order valence-corrected chi connectivity index (χ4v) is 3.79. The standard InChI is InChI=1S/C18H28FN3/c1-20-11-12-21(2)18(14-20)8-10-22-9-7-16(13-22)15-3-5-17(19)6-4-15/h3-6,16,18H,7-14H2,1-2H3.